The molecule has 0 saturated heterocycles. The van der Waals surface area contributed by atoms with Crippen molar-refractivity contribution in [1.29, 1.82) is 0 Å². The van der Waals surface area contributed by atoms with Gasteiger partial charge in [0.25, 0.3) is 0 Å². The summed E-state index contributed by atoms with van der Waals surface area (Å²) in [7, 11) is 0. The molecule has 1 atom stereocenters. The molecule has 5 heteroatoms. The minimum Gasteiger partial charge on any atom is -0.348 e. The number of thiazole rings is 1. The van der Waals surface area contributed by atoms with Gasteiger partial charge in [-0.1, -0.05) is 13.8 Å². The molecule has 0 radical (unpaired) electrons. The lowest BCUT2D eigenvalue weighted by molar-refractivity contribution is -0.122. The first kappa shape index (κ1) is 12.1. The van der Waals surface area contributed by atoms with Gasteiger partial charge >= 0.3 is 0 Å². The number of hydrogen-bond donors (Lipinski definition) is 2. The summed E-state index contributed by atoms with van der Waals surface area (Å²) >= 11 is 1.63. The smallest absolute Gasteiger partial charge is 0.237 e. The highest BCUT2D eigenvalue weighted by Crippen LogP contribution is 2.12. The third kappa shape index (κ3) is 3.60. The summed E-state index contributed by atoms with van der Waals surface area (Å²) < 4.78 is 0. The maximum absolute atomic E-state index is 11.4. The zero-order valence-electron chi connectivity index (χ0n) is 9.12. The predicted molar refractivity (Wildman–Crippen MR) is 61.6 cm³/mol. The summed E-state index contributed by atoms with van der Waals surface area (Å²) in [6.45, 7) is 4.46. The van der Waals surface area contributed by atoms with Gasteiger partial charge in [-0.25, -0.2) is 4.98 Å². The zero-order chi connectivity index (χ0) is 11.3. The molecule has 84 valence electrons. The summed E-state index contributed by atoms with van der Waals surface area (Å²) in [6, 6.07) is -0.407. The van der Waals surface area contributed by atoms with E-state index < -0.39 is 6.04 Å². The molecule has 1 aromatic rings. The number of carbonyl (C=O) groups is 1. The lowest BCUT2D eigenvalue weighted by Crippen LogP contribution is -2.39. The molecule has 4 nitrogen and oxygen atoms in total. The molecule has 0 aliphatic carbocycles. The molecule has 0 saturated carbocycles. The van der Waals surface area contributed by atoms with E-state index in [1.807, 2.05) is 13.1 Å². The summed E-state index contributed by atoms with van der Waals surface area (Å²) in [6.07, 6.45) is 3.50. The molecular weight excluding hydrogens is 210 g/mol. The Hall–Kier alpha value is -0.940. The molecule has 0 aliphatic heterocycles. The summed E-state index contributed by atoms with van der Waals surface area (Å²) in [5.74, 6) is -0.106. The second kappa shape index (κ2) is 5.82. The average Bonchev–Trinajstić information content (AvgIpc) is 2.72. The van der Waals surface area contributed by atoms with Gasteiger partial charge in [0.15, 0.2) is 0 Å². The minimum absolute atomic E-state index is 0.106. The zero-order valence-corrected chi connectivity index (χ0v) is 9.93. The van der Waals surface area contributed by atoms with E-state index in [4.69, 9.17) is 5.73 Å². The van der Waals surface area contributed by atoms with Gasteiger partial charge in [-0.2, -0.15) is 0 Å². The van der Waals surface area contributed by atoms with Crippen LogP contribution in [0, 0.1) is 0 Å². The average molecular weight is 227 g/mol. The largest absolute Gasteiger partial charge is 0.348 e. The Bertz CT molecular complexity index is 324. The van der Waals surface area contributed by atoms with Crippen LogP contribution in [0.5, 0.6) is 0 Å². The lowest BCUT2D eigenvalue weighted by atomic mass is 10.2. The van der Waals surface area contributed by atoms with Crippen LogP contribution in [0.1, 0.15) is 30.2 Å². The van der Waals surface area contributed by atoms with E-state index in [-0.39, 0.29) is 5.91 Å². The molecule has 1 heterocycles. The molecule has 0 unspecified atom stereocenters. The molecule has 0 aromatic carbocycles. The first-order valence-electron chi connectivity index (χ1n) is 5.14. The SMILES string of the molecule is CCc1cnc(CNC(=O)[C@@H](N)CC)s1. The molecule has 1 amide bonds. The van der Waals surface area contributed by atoms with Crippen molar-refractivity contribution in [1.82, 2.24) is 10.3 Å². The first-order valence-corrected chi connectivity index (χ1v) is 5.95. The molecule has 0 fully saturated rings. The number of carbonyl (C=O) groups excluding carboxylic acids is 1. The van der Waals surface area contributed by atoms with Gasteiger partial charge in [-0.15, -0.1) is 11.3 Å². The van der Waals surface area contributed by atoms with Crippen LogP contribution in [-0.4, -0.2) is 16.9 Å². The fourth-order valence-electron chi connectivity index (χ4n) is 1.07. The van der Waals surface area contributed by atoms with Crippen molar-refractivity contribution in [3.63, 3.8) is 0 Å². The third-order valence-corrected chi connectivity index (χ3v) is 3.28. The number of nitrogens with two attached hydrogens (primary N) is 1. The van der Waals surface area contributed by atoms with Crippen molar-refractivity contribution in [3.8, 4) is 0 Å². The highest BCUT2D eigenvalue weighted by Gasteiger charge is 2.10. The highest BCUT2D eigenvalue weighted by atomic mass is 32.1. The summed E-state index contributed by atoms with van der Waals surface area (Å²) in [4.78, 5) is 16.8. The van der Waals surface area contributed by atoms with Crippen molar-refractivity contribution in [3.05, 3.63) is 16.1 Å². The summed E-state index contributed by atoms with van der Waals surface area (Å²) in [5, 5.41) is 3.70. The van der Waals surface area contributed by atoms with Crippen LogP contribution in [0.15, 0.2) is 6.20 Å². The van der Waals surface area contributed by atoms with Gasteiger partial charge in [0.1, 0.15) is 5.01 Å². The molecule has 0 bridgehead atoms. The molecule has 3 N–H and O–H groups in total. The van der Waals surface area contributed by atoms with Crippen LogP contribution in [0.25, 0.3) is 0 Å². The van der Waals surface area contributed by atoms with Crippen LogP contribution < -0.4 is 11.1 Å². The molecule has 15 heavy (non-hydrogen) atoms. The van der Waals surface area contributed by atoms with Crippen molar-refractivity contribution in [2.45, 2.75) is 39.3 Å². The Labute approximate surface area is 93.9 Å². The van der Waals surface area contributed by atoms with Gasteiger partial charge in [0.2, 0.25) is 5.91 Å². The van der Waals surface area contributed by atoms with E-state index in [1.54, 1.807) is 11.3 Å². The fourth-order valence-corrected chi connectivity index (χ4v) is 1.87. The number of aryl methyl sites for hydroxylation is 1. The maximum atomic E-state index is 11.4. The maximum Gasteiger partial charge on any atom is 0.237 e. The van der Waals surface area contributed by atoms with Crippen LogP contribution in [0.3, 0.4) is 0 Å². The Balaban J connectivity index is 2.40. The van der Waals surface area contributed by atoms with Gasteiger partial charge < -0.3 is 11.1 Å². The molecular formula is C10H17N3OS. The van der Waals surface area contributed by atoms with E-state index in [1.165, 1.54) is 4.88 Å². The number of amides is 1. The minimum atomic E-state index is -0.407. The molecule has 1 aromatic heterocycles. The highest BCUT2D eigenvalue weighted by molar-refractivity contribution is 7.11. The monoisotopic (exact) mass is 227 g/mol. The van der Waals surface area contributed by atoms with E-state index in [9.17, 15) is 4.79 Å². The van der Waals surface area contributed by atoms with Crippen molar-refractivity contribution < 1.29 is 4.79 Å². The van der Waals surface area contributed by atoms with Crippen molar-refractivity contribution >= 4 is 17.2 Å². The van der Waals surface area contributed by atoms with Crippen LogP contribution in [0.2, 0.25) is 0 Å². The topological polar surface area (TPSA) is 68.0 Å². The van der Waals surface area contributed by atoms with Gasteiger partial charge in [-0.05, 0) is 12.8 Å². The van der Waals surface area contributed by atoms with Crippen LogP contribution in [0.4, 0.5) is 0 Å². The Morgan fingerprint density at radius 2 is 2.40 bits per heavy atom. The van der Waals surface area contributed by atoms with E-state index in [2.05, 4.69) is 17.2 Å². The van der Waals surface area contributed by atoms with Gasteiger partial charge in [0, 0.05) is 11.1 Å². The van der Waals surface area contributed by atoms with Gasteiger partial charge in [-0.3, -0.25) is 4.79 Å². The van der Waals surface area contributed by atoms with E-state index in [0.717, 1.165) is 11.4 Å². The number of nitrogens with one attached hydrogen (secondary N) is 1. The Kier molecular flexibility index (Phi) is 4.71. The fraction of sp³-hybridized carbons (Fsp3) is 0.600. The lowest BCUT2D eigenvalue weighted by Gasteiger charge is -2.08. The molecule has 1 rings (SSSR count). The standard InChI is InChI=1S/C10H17N3OS/c1-3-7-5-12-9(15-7)6-13-10(14)8(11)4-2/h5,8H,3-4,6,11H2,1-2H3,(H,13,14)/t8-/m0/s1. The predicted octanol–water partition coefficient (Wildman–Crippen LogP) is 1.06. The second-order valence-electron chi connectivity index (χ2n) is 3.31. The van der Waals surface area contributed by atoms with E-state index in [0.29, 0.717) is 13.0 Å². The Morgan fingerprint density at radius 1 is 1.67 bits per heavy atom. The number of aromatic nitrogens is 1. The van der Waals surface area contributed by atoms with Gasteiger partial charge in [0.05, 0.1) is 12.6 Å². The summed E-state index contributed by atoms with van der Waals surface area (Å²) in [5.41, 5.74) is 5.58. The number of rotatable bonds is 5. The number of nitrogens with zero attached hydrogens (tertiary/aromatic N) is 1. The van der Waals surface area contributed by atoms with Crippen molar-refractivity contribution in [2.75, 3.05) is 0 Å². The third-order valence-electron chi connectivity index (χ3n) is 2.14. The van der Waals surface area contributed by atoms with Crippen molar-refractivity contribution in [2.24, 2.45) is 5.73 Å². The normalized spacial score (nSPS) is 12.5. The number of hydrogen-bond acceptors (Lipinski definition) is 4. The van der Waals surface area contributed by atoms with Crippen LogP contribution in [-0.2, 0) is 17.8 Å². The first-order chi connectivity index (χ1) is 7.17. The van der Waals surface area contributed by atoms with Crippen LogP contribution >= 0.6 is 11.3 Å². The Morgan fingerprint density at radius 3 is 2.93 bits per heavy atom. The quantitative estimate of drug-likeness (QED) is 0.790. The second-order valence-corrected chi connectivity index (χ2v) is 4.51. The molecule has 0 spiro atoms. The molecule has 0 aliphatic rings. The van der Waals surface area contributed by atoms with E-state index >= 15 is 0 Å².